The van der Waals surface area contributed by atoms with Crippen LogP contribution in [0.5, 0.6) is 23.0 Å². The summed E-state index contributed by atoms with van der Waals surface area (Å²) in [7, 11) is -2.55. The number of nitrogens with one attached hydrogen (secondary N) is 1. The molecule has 0 spiro atoms. The van der Waals surface area contributed by atoms with Crippen LogP contribution in [-0.4, -0.2) is 36.8 Å². The Hall–Kier alpha value is -5.43. The van der Waals surface area contributed by atoms with Crippen LogP contribution in [0.3, 0.4) is 0 Å². The molecule has 0 fully saturated rings. The molecule has 3 N–H and O–H groups in total. The van der Waals surface area contributed by atoms with Crippen LogP contribution in [-0.2, 0) is 19.1 Å². The molecule has 6 rings (SSSR count). The van der Waals surface area contributed by atoms with Gasteiger partial charge in [0.2, 0.25) is 0 Å². The van der Waals surface area contributed by atoms with E-state index >= 15 is 0 Å². The number of hydrogen-bond donors (Lipinski definition) is 2. The molecule has 0 aliphatic carbocycles. The van der Waals surface area contributed by atoms with E-state index in [1.54, 1.807) is 30.3 Å². The molecule has 0 aliphatic rings. The molecular formula is C34H21Cl5N8O6S2. The molecule has 0 aliphatic heterocycles. The monoisotopic (exact) mass is 876 g/mol. The third-order valence-electron chi connectivity index (χ3n) is 6.28. The summed E-state index contributed by atoms with van der Waals surface area (Å²) < 4.78 is 59.5. The third-order valence-corrected chi connectivity index (χ3v) is 9.85. The average molecular weight is 879 g/mol. The molecule has 4 heterocycles. The molecule has 0 amide bonds. The van der Waals surface area contributed by atoms with E-state index in [1.165, 1.54) is 67.3 Å². The lowest BCUT2D eigenvalue weighted by molar-refractivity contribution is 0.478. The Morgan fingerprint density at radius 1 is 0.618 bits per heavy atom. The van der Waals surface area contributed by atoms with Crippen LogP contribution in [0.4, 0.5) is 11.4 Å². The van der Waals surface area contributed by atoms with Crippen molar-refractivity contribution in [2.45, 2.75) is 9.79 Å². The van der Waals surface area contributed by atoms with Gasteiger partial charge in [0.15, 0.2) is 0 Å². The minimum Gasteiger partial charge on any atom is -0.454 e. The van der Waals surface area contributed by atoms with Gasteiger partial charge in [0.05, 0.1) is 39.3 Å². The van der Waals surface area contributed by atoms with Crippen molar-refractivity contribution in [3.63, 3.8) is 0 Å². The maximum absolute atomic E-state index is 12.4. The fourth-order valence-corrected chi connectivity index (χ4v) is 6.11. The van der Waals surface area contributed by atoms with Crippen LogP contribution in [0.15, 0.2) is 120 Å². The number of hydrogen-bond acceptors (Lipinski definition) is 13. The van der Waals surface area contributed by atoms with Gasteiger partial charge in [-0.3, -0.25) is 14.7 Å². The lowest BCUT2D eigenvalue weighted by Gasteiger charge is -2.11. The lowest BCUT2D eigenvalue weighted by Crippen LogP contribution is -2.13. The van der Waals surface area contributed by atoms with Gasteiger partial charge in [-0.25, -0.2) is 26.8 Å². The lowest BCUT2D eigenvalue weighted by atomic mass is 10.2. The summed E-state index contributed by atoms with van der Waals surface area (Å²) in [6.45, 7) is 0. The van der Waals surface area contributed by atoms with E-state index in [-0.39, 0.29) is 37.1 Å². The highest BCUT2D eigenvalue weighted by atomic mass is 35.7. The number of rotatable bonds is 8. The first-order valence-corrected chi connectivity index (χ1v) is 20.0. The molecule has 0 unspecified atom stereocenters. The van der Waals surface area contributed by atoms with Crippen LogP contribution in [0.25, 0.3) is 0 Å². The van der Waals surface area contributed by atoms with Gasteiger partial charge in [-0.05, 0) is 60.7 Å². The fraction of sp³-hybridized carbons (Fsp3) is 0. The van der Waals surface area contributed by atoms with Crippen LogP contribution >= 0.6 is 57.1 Å². The molecular weight excluding hydrogens is 858 g/mol. The molecule has 14 nitrogen and oxygen atoms in total. The molecule has 0 bridgehead atoms. The van der Waals surface area contributed by atoms with Gasteiger partial charge < -0.3 is 15.2 Å². The molecule has 0 radical (unpaired) electrons. The summed E-state index contributed by atoms with van der Waals surface area (Å²) in [5.74, 6) is 1.47. The molecule has 4 aromatic heterocycles. The molecule has 0 saturated heterocycles. The van der Waals surface area contributed by atoms with Crippen molar-refractivity contribution >= 4 is 87.5 Å². The Labute approximate surface area is 339 Å². The first-order valence-electron chi connectivity index (χ1n) is 14.7. The first kappa shape index (κ1) is 42.3. The Morgan fingerprint density at radius 2 is 1.11 bits per heavy atom. The highest BCUT2D eigenvalue weighted by Crippen LogP contribution is 2.30. The van der Waals surface area contributed by atoms with Gasteiger partial charge in [0.25, 0.3) is 19.1 Å². The molecule has 55 heavy (non-hydrogen) atoms. The second-order valence-corrected chi connectivity index (χ2v) is 16.1. The Kier molecular flexibility index (Phi) is 14.8. The summed E-state index contributed by atoms with van der Waals surface area (Å²) >= 11 is 22.7. The van der Waals surface area contributed by atoms with E-state index in [1.807, 2.05) is 12.1 Å². The predicted octanol–water partition coefficient (Wildman–Crippen LogP) is 8.89. The van der Waals surface area contributed by atoms with Gasteiger partial charge in [0.1, 0.15) is 55.2 Å². The third kappa shape index (κ3) is 13.1. The second-order valence-electron chi connectivity index (χ2n) is 10.2. The van der Waals surface area contributed by atoms with Crippen molar-refractivity contribution in [3.8, 4) is 35.1 Å². The van der Waals surface area contributed by atoms with E-state index in [9.17, 15) is 22.1 Å². The number of sulfonamides is 1. The zero-order valence-electron chi connectivity index (χ0n) is 27.3. The van der Waals surface area contributed by atoms with Crippen LogP contribution in [0.2, 0.25) is 20.4 Å². The minimum absolute atomic E-state index is 0.0523. The molecule has 0 atom stereocenters. The van der Waals surface area contributed by atoms with Crippen LogP contribution < -0.4 is 19.9 Å². The number of nitrogens with two attached hydrogens (primary N) is 1. The van der Waals surface area contributed by atoms with E-state index < -0.39 is 19.1 Å². The number of anilines is 2. The van der Waals surface area contributed by atoms with Gasteiger partial charge in [-0.2, -0.15) is 10.5 Å². The van der Waals surface area contributed by atoms with Crippen molar-refractivity contribution in [2.75, 3.05) is 10.5 Å². The van der Waals surface area contributed by atoms with Crippen molar-refractivity contribution < 1.29 is 26.3 Å². The van der Waals surface area contributed by atoms with Crippen molar-refractivity contribution in [1.82, 2.24) is 19.9 Å². The fourth-order valence-electron chi connectivity index (χ4n) is 3.89. The summed E-state index contributed by atoms with van der Waals surface area (Å²) in [6.07, 6.45) is 8.15. The maximum atomic E-state index is 12.4. The molecule has 0 saturated carbocycles. The highest BCUT2D eigenvalue weighted by Gasteiger charge is 2.16. The normalized spacial score (nSPS) is 10.6. The number of aromatic nitrogens is 4. The smallest absolute Gasteiger partial charge is 0.263 e. The molecule has 6 aromatic rings. The van der Waals surface area contributed by atoms with E-state index in [0.29, 0.717) is 38.5 Å². The van der Waals surface area contributed by atoms with Crippen molar-refractivity contribution in [3.05, 3.63) is 141 Å². The van der Waals surface area contributed by atoms with Crippen LogP contribution in [0.1, 0.15) is 11.1 Å². The van der Waals surface area contributed by atoms with Gasteiger partial charge >= 0.3 is 0 Å². The van der Waals surface area contributed by atoms with Gasteiger partial charge in [-0.15, -0.1) is 0 Å². The Balaban J connectivity index is 0.000000204. The maximum Gasteiger partial charge on any atom is 0.263 e. The topological polar surface area (TPSA) is 224 Å². The summed E-state index contributed by atoms with van der Waals surface area (Å²) in [6, 6.07) is 21.6. The molecule has 2 aromatic carbocycles. The Morgan fingerprint density at radius 3 is 1.56 bits per heavy atom. The van der Waals surface area contributed by atoms with Crippen molar-refractivity contribution in [2.24, 2.45) is 0 Å². The summed E-state index contributed by atoms with van der Waals surface area (Å²) in [5, 5.41) is 19.6. The van der Waals surface area contributed by atoms with E-state index in [0.717, 1.165) is 12.4 Å². The van der Waals surface area contributed by atoms with Gasteiger partial charge in [-0.1, -0.05) is 46.4 Å². The van der Waals surface area contributed by atoms with Crippen molar-refractivity contribution in [1.29, 1.82) is 10.5 Å². The van der Waals surface area contributed by atoms with Gasteiger partial charge in [0, 0.05) is 53.3 Å². The number of nitriles is 2. The quantitative estimate of drug-likeness (QED) is 0.0829. The second kappa shape index (κ2) is 19.2. The Bertz CT molecular complexity index is 2610. The van der Waals surface area contributed by atoms with E-state index in [2.05, 4.69) is 24.7 Å². The summed E-state index contributed by atoms with van der Waals surface area (Å²) in [4.78, 5) is 15.0. The number of benzene rings is 2. The molecule has 21 heteroatoms. The molecule has 280 valence electrons. The minimum atomic E-state index is -3.88. The number of nitrogen functional groups attached to an aromatic ring is 1. The number of pyridine rings is 4. The average Bonchev–Trinajstić information content (AvgIpc) is 3.13. The predicted molar refractivity (Wildman–Crippen MR) is 208 cm³/mol. The zero-order chi connectivity index (χ0) is 40.2. The number of halogens is 5. The SMILES string of the molecule is N#Cc1cc(N)ccc1Oc1cncc(Cl)c1.N#Cc1cc(NS(=O)(=O)c2ccc(Cl)nc2)ccc1Oc1cncc(Cl)c1.O=S(=O)(Cl)c1ccc(Cl)nc1. The van der Waals surface area contributed by atoms with E-state index in [4.69, 9.17) is 77.6 Å². The number of ether oxygens (including phenoxy) is 2. The first-order chi connectivity index (χ1) is 26.1. The zero-order valence-corrected chi connectivity index (χ0v) is 32.7. The summed E-state index contributed by atoms with van der Waals surface area (Å²) in [5.41, 5.74) is 6.78. The highest BCUT2D eigenvalue weighted by molar-refractivity contribution is 8.13. The van der Waals surface area contributed by atoms with Crippen LogP contribution in [0, 0.1) is 22.7 Å². The number of nitrogens with zero attached hydrogens (tertiary/aromatic N) is 6. The standard InChI is InChI=1S/C17H10Cl2N4O3S.C12H8ClN3O.C5H3Cl2NO2S/c18-12-6-14(9-21-8-12)26-16-3-1-13(5-11(16)7-20)23-27(24,25)15-2-4-17(19)22-10-15;13-9-4-11(7-16-6-9)17-12-2-1-10(15)3-8(12)5-14;6-5-2-1-4(3-8-5)11(7,9)10/h1-6,8-10,23H;1-4,6-7H,15H2;1-3H. The largest absolute Gasteiger partial charge is 0.454 e.